The molecule has 2 atom stereocenters. The maximum atomic E-state index is 12.7. The Kier molecular flexibility index (Phi) is 38.4. The van der Waals surface area contributed by atoms with Crippen LogP contribution < -0.4 is 4.89 Å². The number of rotatable bonds is 42. The second kappa shape index (κ2) is 39.7. The average molecular weight is 826 g/mol. The normalized spacial score (nSPS) is 13.9. The lowest BCUT2D eigenvalue weighted by Crippen LogP contribution is -2.37. The topological polar surface area (TPSA) is 111 Å². The van der Waals surface area contributed by atoms with Gasteiger partial charge in [-0.25, -0.2) is 0 Å². The van der Waals surface area contributed by atoms with Crippen LogP contribution in [0.1, 0.15) is 200 Å². The van der Waals surface area contributed by atoms with E-state index in [4.69, 9.17) is 18.5 Å². The first kappa shape index (κ1) is 55.2. The summed E-state index contributed by atoms with van der Waals surface area (Å²) < 4.78 is 33.9. The second-order valence-corrected chi connectivity index (χ2v) is 18.2. The molecule has 0 aliphatic carbocycles. The van der Waals surface area contributed by atoms with Gasteiger partial charge in [-0.05, 0) is 51.4 Å². The molecule has 0 aromatic heterocycles. The van der Waals surface area contributed by atoms with E-state index < -0.39 is 26.5 Å². The third-order valence-corrected chi connectivity index (χ3v) is 10.9. The van der Waals surface area contributed by atoms with Crippen molar-refractivity contribution in [1.82, 2.24) is 0 Å². The zero-order valence-electron chi connectivity index (χ0n) is 37.5. The predicted octanol–water partition coefficient (Wildman–Crippen LogP) is 12.7. The molecule has 0 saturated carbocycles. The van der Waals surface area contributed by atoms with Crippen molar-refractivity contribution in [1.29, 1.82) is 0 Å². The quantitative estimate of drug-likeness (QED) is 0.0197. The standard InChI is InChI=1S/C47H88NO8P/c1-6-8-10-12-14-16-18-20-22-23-24-25-26-28-30-32-34-36-38-40-47(50)56-45(44-55-57(51,52)54-42-41-48(3,4)5)43-53-46(49)39-37-35-33-31-29-27-21-19-17-15-13-11-9-7-2/h14,16,20,22,24-25,45H,6-13,15,17-19,21,23,26-44H2,1-5H3/b16-14-,22-20-,25-24-. The summed E-state index contributed by atoms with van der Waals surface area (Å²) in [4.78, 5) is 37.6. The highest BCUT2D eigenvalue weighted by Crippen LogP contribution is 2.38. The highest BCUT2D eigenvalue weighted by Gasteiger charge is 2.21. The third-order valence-electron chi connectivity index (χ3n) is 9.91. The molecule has 0 bridgehead atoms. The fourth-order valence-corrected chi connectivity index (χ4v) is 6.98. The monoisotopic (exact) mass is 826 g/mol. The van der Waals surface area contributed by atoms with Gasteiger partial charge in [-0.1, -0.05) is 172 Å². The van der Waals surface area contributed by atoms with Gasteiger partial charge >= 0.3 is 11.9 Å². The molecule has 0 fully saturated rings. The Labute approximate surface area is 351 Å². The van der Waals surface area contributed by atoms with Crippen molar-refractivity contribution >= 4 is 19.8 Å². The molecule has 0 aliphatic heterocycles. The molecular formula is C47H88NO8P. The summed E-state index contributed by atoms with van der Waals surface area (Å²) in [6.07, 6.45) is 44.5. The number of carbonyl (C=O) groups excluding carboxylic acids is 2. The van der Waals surface area contributed by atoms with Crippen molar-refractivity contribution in [3.05, 3.63) is 36.5 Å². The Bertz CT molecular complexity index is 1070. The molecule has 0 spiro atoms. The minimum atomic E-state index is -4.63. The largest absolute Gasteiger partial charge is 0.756 e. The van der Waals surface area contributed by atoms with Crippen LogP contribution in [-0.4, -0.2) is 70.0 Å². The smallest absolute Gasteiger partial charge is 0.306 e. The van der Waals surface area contributed by atoms with Crippen LogP contribution in [0.3, 0.4) is 0 Å². The first-order valence-electron chi connectivity index (χ1n) is 23.2. The van der Waals surface area contributed by atoms with Crippen molar-refractivity contribution < 1.29 is 42.1 Å². The summed E-state index contributed by atoms with van der Waals surface area (Å²) in [6.45, 7) is 4.20. The van der Waals surface area contributed by atoms with Crippen LogP contribution in [0.2, 0.25) is 0 Å². The van der Waals surface area contributed by atoms with Gasteiger partial charge < -0.3 is 27.9 Å². The SMILES string of the molecule is CCCCC/C=C\C/C=C\C/C=C\CCCCCCCCC(=O)OC(COC(=O)CCCCCCCCCCCCCCCC)COP(=O)([O-])OCC[N+](C)(C)C. The number of ether oxygens (including phenoxy) is 2. The fourth-order valence-electron chi connectivity index (χ4n) is 6.25. The molecule has 334 valence electrons. The summed E-state index contributed by atoms with van der Waals surface area (Å²) in [5.41, 5.74) is 0. The molecule has 0 aromatic rings. The van der Waals surface area contributed by atoms with E-state index in [9.17, 15) is 19.0 Å². The van der Waals surface area contributed by atoms with E-state index in [0.29, 0.717) is 17.4 Å². The van der Waals surface area contributed by atoms with Crippen LogP contribution in [-0.2, 0) is 32.7 Å². The first-order valence-corrected chi connectivity index (χ1v) is 24.7. The summed E-state index contributed by atoms with van der Waals surface area (Å²) >= 11 is 0. The molecule has 0 saturated heterocycles. The number of quaternary nitrogens is 1. The lowest BCUT2D eigenvalue weighted by Gasteiger charge is -2.28. The molecular weight excluding hydrogens is 737 g/mol. The van der Waals surface area contributed by atoms with Crippen molar-refractivity contribution in [3.8, 4) is 0 Å². The van der Waals surface area contributed by atoms with Crippen molar-refractivity contribution in [2.24, 2.45) is 0 Å². The van der Waals surface area contributed by atoms with E-state index in [1.807, 2.05) is 21.1 Å². The number of likely N-dealkylation sites (N-methyl/N-ethyl adjacent to an activating group) is 1. The van der Waals surface area contributed by atoms with Crippen molar-refractivity contribution in [2.45, 2.75) is 206 Å². The van der Waals surface area contributed by atoms with E-state index >= 15 is 0 Å². The van der Waals surface area contributed by atoms with E-state index in [2.05, 4.69) is 50.3 Å². The lowest BCUT2D eigenvalue weighted by atomic mass is 10.0. The van der Waals surface area contributed by atoms with Crippen LogP contribution in [0.4, 0.5) is 0 Å². The first-order chi connectivity index (χ1) is 27.5. The Hall–Kier alpha value is -1.77. The van der Waals surface area contributed by atoms with Crippen LogP contribution in [0.15, 0.2) is 36.5 Å². The highest BCUT2D eigenvalue weighted by molar-refractivity contribution is 7.45. The number of unbranched alkanes of at least 4 members (excludes halogenated alkanes) is 22. The van der Waals surface area contributed by atoms with Gasteiger partial charge in [0.05, 0.1) is 27.7 Å². The molecule has 0 aromatic carbocycles. The van der Waals surface area contributed by atoms with Crippen LogP contribution in [0, 0.1) is 0 Å². The Balaban J connectivity index is 4.34. The molecule has 0 rings (SSSR count). The zero-order valence-corrected chi connectivity index (χ0v) is 38.4. The minimum Gasteiger partial charge on any atom is -0.756 e. The number of nitrogens with zero attached hydrogens (tertiary/aromatic N) is 1. The molecule has 0 radical (unpaired) electrons. The summed E-state index contributed by atoms with van der Waals surface area (Å²) in [5.74, 6) is -0.844. The van der Waals surface area contributed by atoms with Gasteiger partial charge in [0.1, 0.15) is 19.8 Å². The van der Waals surface area contributed by atoms with Gasteiger partial charge in [0, 0.05) is 12.8 Å². The minimum absolute atomic E-state index is 0.0330. The van der Waals surface area contributed by atoms with Crippen LogP contribution >= 0.6 is 7.82 Å². The van der Waals surface area contributed by atoms with E-state index in [0.717, 1.165) is 70.6 Å². The molecule has 2 unspecified atom stereocenters. The Morgan fingerprint density at radius 1 is 0.544 bits per heavy atom. The van der Waals surface area contributed by atoms with Gasteiger partial charge in [0.15, 0.2) is 6.10 Å². The molecule has 0 heterocycles. The van der Waals surface area contributed by atoms with Crippen molar-refractivity contribution in [2.75, 3.05) is 47.5 Å². The van der Waals surface area contributed by atoms with Gasteiger partial charge in [0.2, 0.25) is 0 Å². The number of phosphoric ester groups is 1. The van der Waals surface area contributed by atoms with E-state index in [1.54, 1.807) is 0 Å². The molecule has 10 heteroatoms. The van der Waals surface area contributed by atoms with E-state index in [-0.39, 0.29) is 32.0 Å². The second-order valence-electron chi connectivity index (χ2n) is 16.8. The summed E-state index contributed by atoms with van der Waals surface area (Å²) in [5, 5.41) is 0. The van der Waals surface area contributed by atoms with Crippen LogP contribution in [0.5, 0.6) is 0 Å². The van der Waals surface area contributed by atoms with Crippen LogP contribution in [0.25, 0.3) is 0 Å². The van der Waals surface area contributed by atoms with Gasteiger partial charge in [0.25, 0.3) is 7.82 Å². The number of esters is 2. The van der Waals surface area contributed by atoms with E-state index in [1.165, 1.54) is 96.3 Å². The van der Waals surface area contributed by atoms with Gasteiger partial charge in [-0.2, -0.15) is 0 Å². The predicted molar refractivity (Wildman–Crippen MR) is 236 cm³/mol. The fraction of sp³-hybridized carbons (Fsp3) is 0.830. The number of phosphoric acid groups is 1. The lowest BCUT2D eigenvalue weighted by molar-refractivity contribution is -0.870. The molecule has 0 aliphatic rings. The molecule has 0 N–H and O–H groups in total. The summed E-state index contributed by atoms with van der Waals surface area (Å²) in [7, 11) is 1.16. The number of allylic oxidation sites excluding steroid dienone is 6. The Morgan fingerprint density at radius 3 is 1.44 bits per heavy atom. The molecule has 57 heavy (non-hydrogen) atoms. The zero-order chi connectivity index (χ0) is 42.1. The maximum absolute atomic E-state index is 12.7. The molecule has 9 nitrogen and oxygen atoms in total. The Morgan fingerprint density at radius 2 is 0.947 bits per heavy atom. The molecule has 0 amide bonds. The van der Waals surface area contributed by atoms with Crippen molar-refractivity contribution in [3.63, 3.8) is 0 Å². The van der Waals surface area contributed by atoms with Gasteiger partial charge in [-0.15, -0.1) is 0 Å². The number of hydrogen-bond acceptors (Lipinski definition) is 8. The number of carbonyl (C=O) groups is 2. The highest BCUT2D eigenvalue weighted by atomic mass is 31.2. The maximum Gasteiger partial charge on any atom is 0.306 e. The van der Waals surface area contributed by atoms with Gasteiger partial charge in [-0.3, -0.25) is 14.2 Å². The number of hydrogen-bond donors (Lipinski definition) is 0. The third kappa shape index (κ3) is 43.6. The average Bonchev–Trinajstić information content (AvgIpc) is 3.16. The summed E-state index contributed by atoms with van der Waals surface area (Å²) in [6, 6.07) is 0.